The lowest BCUT2D eigenvalue weighted by molar-refractivity contribution is 0.145. The Morgan fingerprint density at radius 2 is 2.07 bits per heavy atom. The van der Waals surface area contributed by atoms with Crippen LogP contribution in [-0.2, 0) is 13.6 Å². The summed E-state index contributed by atoms with van der Waals surface area (Å²) >= 11 is 3.45. The predicted molar refractivity (Wildman–Crippen MR) is 113 cm³/mol. The van der Waals surface area contributed by atoms with Crippen LogP contribution in [0.3, 0.4) is 0 Å². The van der Waals surface area contributed by atoms with Crippen LogP contribution in [0.2, 0.25) is 0 Å². The van der Waals surface area contributed by atoms with Crippen molar-refractivity contribution in [2.75, 3.05) is 11.9 Å². The Balaban J connectivity index is 2.19. The van der Waals surface area contributed by atoms with Crippen LogP contribution in [-0.4, -0.2) is 44.6 Å². The molecule has 8 heteroatoms. The minimum Gasteiger partial charge on any atom is -0.472 e. The third kappa shape index (κ3) is 5.97. The summed E-state index contributed by atoms with van der Waals surface area (Å²) in [6.45, 7) is 8.13. The quantitative estimate of drug-likeness (QED) is 0.633. The number of aliphatic hydroxyl groups is 1. The predicted octanol–water partition coefficient (Wildman–Crippen LogP) is 4.02. The molecular formula is C20H29BrN4O3. The SMILES string of the molecule is CC(C)C(C)Oc1nn(C)cc1NC(=O)N(Cc1cccc(Br)c1)C(C)CO. The zero-order valence-electron chi connectivity index (χ0n) is 17.0. The first-order chi connectivity index (χ1) is 13.2. The molecule has 0 bridgehead atoms. The van der Waals surface area contributed by atoms with E-state index in [0.717, 1.165) is 10.0 Å². The molecule has 1 aromatic carbocycles. The second kappa shape index (κ2) is 9.93. The van der Waals surface area contributed by atoms with Crippen molar-refractivity contribution < 1.29 is 14.6 Å². The average Bonchev–Trinajstić information content (AvgIpc) is 2.97. The second-order valence-electron chi connectivity index (χ2n) is 7.31. The van der Waals surface area contributed by atoms with Crippen molar-refractivity contribution in [3.8, 4) is 5.88 Å². The third-order valence-electron chi connectivity index (χ3n) is 4.57. The molecule has 0 radical (unpaired) electrons. The monoisotopic (exact) mass is 452 g/mol. The molecule has 0 aliphatic rings. The van der Waals surface area contributed by atoms with E-state index in [1.54, 1.807) is 29.7 Å². The molecule has 154 valence electrons. The lowest BCUT2D eigenvalue weighted by Crippen LogP contribution is -2.42. The Bertz CT molecular complexity index is 794. The third-order valence-corrected chi connectivity index (χ3v) is 5.07. The molecule has 0 spiro atoms. The van der Waals surface area contributed by atoms with E-state index in [9.17, 15) is 9.90 Å². The fourth-order valence-corrected chi connectivity index (χ4v) is 2.95. The van der Waals surface area contributed by atoms with Gasteiger partial charge >= 0.3 is 6.03 Å². The number of hydrogen-bond donors (Lipinski definition) is 2. The van der Waals surface area contributed by atoms with E-state index in [1.807, 2.05) is 31.2 Å². The number of urea groups is 1. The van der Waals surface area contributed by atoms with Crippen LogP contribution in [0, 0.1) is 5.92 Å². The molecule has 0 aliphatic carbocycles. The van der Waals surface area contributed by atoms with Gasteiger partial charge in [0.1, 0.15) is 11.8 Å². The fourth-order valence-electron chi connectivity index (χ4n) is 2.50. The Kier molecular flexibility index (Phi) is 7.88. The van der Waals surface area contributed by atoms with E-state index in [0.29, 0.717) is 24.0 Å². The number of rotatable bonds is 8. The molecule has 2 N–H and O–H groups in total. The van der Waals surface area contributed by atoms with Crippen molar-refractivity contribution in [3.63, 3.8) is 0 Å². The molecule has 7 nitrogen and oxygen atoms in total. The molecular weight excluding hydrogens is 424 g/mol. The number of carbonyl (C=O) groups is 1. The van der Waals surface area contributed by atoms with E-state index in [2.05, 4.69) is 40.2 Å². The first-order valence-electron chi connectivity index (χ1n) is 9.34. The van der Waals surface area contributed by atoms with E-state index in [-0.39, 0.29) is 24.8 Å². The van der Waals surface area contributed by atoms with Gasteiger partial charge in [-0.2, -0.15) is 0 Å². The molecule has 0 fully saturated rings. The van der Waals surface area contributed by atoms with Crippen LogP contribution in [0.1, 0.15) is 33.3 Å². The summed E-state index contributed by atoms with van der Waals surface area (Å²) in [6, 6.07) is 7.06. The van der Waals surface area contributed by atoms with Gasteiger partial charge in [0.25, 0.3) is 5.88 Å². The largest absolute Gasteiger partial charge is 0.472 e. The van der Waals surface area contributed by atoms with Crippen LogP contribution >= 0.6 is 15.9 Å². The van der Waals surface area contributed by atoms with Gasteiger partial charge in [0.05, 0.1) is 18.8 Å². The Hall–Kier alpha value is -2.06. The molecule has 2 unspecified atom stereocenters. The number of carbonyl (C=O) groups excluding carboxylic acids is 1. The highest BCUT2D eigenvalue weighted by Gasteiger charge is 2.23. The van der Waals surface area contributed by atoms with E-state index in [1.165, 1.54) is 0 Å². The van der Waals surface area contributed by atoms with E-state index in [4.69, 9.17) is 4.74 Å². The number of benzene rings is 1. The molecule has 1 aromatic heterocycles. The topological polar surface area (TPSA) is 79.6 Å². The summed E-state index contributed by atoms with van der Waals surface area (Å²) in [7, 11) is 1.78. The van der Waals surface area contributed by atoms with Crippen molar-refractivity contribution >= 4 is 27.6 Å². The van der Waals surface area contributed by atoms with Gasteiger partial charge in [-0.25, -0.2) is 4.79 Å². The standard InChI is InChI=1S/C20H29BrN4O3/c1-13(2)15(4)28-19-18(11-24(5)23-19)22-20(27)25(14(3)12-26)10-16-7-6-8-17(21)9-16/h6-9,11,13-15,26H,10,12H2,1-5H3,(H,22,27). The van der Waals surface area contributed by atoms with Crippen molar-refractivity contribution in [3.05, 3.63) is 40.5 Å². The number of ether oxygens (including phenoxy) is 1. The van der Waals surface area contributed by atoms with Crippen LogP contribution < -0.4 is 10.1 Å². The van der Waals surface area contributed by atoms with Gasteiger partial charge in [-0.3, -0.25) is 4.68 Å². The number of aliphatic hydroxyl groups excluding tert-OH is 1. The normalized spacial score (nSPS) is 13.3. The molecule has 0 saturated carbocycles. The number of nitrogens with zero attached hydrogens (tertiary/aromatic N) is 3. The maximum Gasteiger partial charge on any atom is 0.322 e. The molecule has 2 rings (SSSR count). The van der Waals surface area contributed by atoms with Crippen LogP contribution in [0.4, 0.5) is 10.5 Å². The van der Waals surface area contributed by atoms with Gasteiger partial charge < -0.3 is 20.1 Å². The molecule has 2 atom stereocenters. The lowest BCUT2D eigenvalue weighted by Gasteiger charge is -2.28. The van der Waals surface area contributed by atoms with Crippen molar-refractivity contribution in [2.24, 2.45) is 13.0 Å². The maximum atomic E-state index is 13.0. The van der Waals surface area contributed by atoms with Crippen molar-refractivity contribution in [1.82, 2.24) is 14.7 Å². The molecule has 1 heterocycles. The zero-order valence-corrected chi connectivity index (χ0v) is 18.6. The highest BCUT2D eigenvalue weighted by Crippen LogP contribution is 2.25. The number of anilines is 1. The Morgan fingerprint density at radius 3 is 2.68 bits per heavy atom. The van der Waals surface area contributed by atoms with Gasteiger partial charge in [0.2, 0.25) is 0 Å². The van der Waals surface area contributed by atoms with E-state index < -0.39 is 0 Å². The van der Waals surface area contributed by atoms with Crippen molar-refractivity contribution in [2.45, 2.75) is 46.4 Å². The van der Waals surface area contributed by atoms with Gasteiger partial charge in [0, 0.05) is 18.1 Å². The zero-order chi connectivity index (χ0) is 20.8. The molecule has 0 aliphatic heterocycles. The Labute approximate surface area is 174 Å². The number of nitrogens with one attached hydrogen (secondary N) is 1. The average molecular weight is 453 g/mol. The number of aromatic nitrogens is 2. The number of hydrogen-bond acceptors (Lipinski definition) is 4. The van der Waals surface area contributed by atoms with Gasteiger partial charge in [-0.1, -0.05) is 41.9 Å². The number of halogens is 1. The van der Waals surface area contributed by atoms with Crippen LogP contribution in [0.15, 0.2) is 34.9 Å². The first-order valence-corrected chi connectivity index (χ1v) is 10.1. The smallest absolute Gasteiger partial charge is 0.322 e. The summed E-state index contributed by atoms with van der Waals surface area (Å²) in [5.41, 5.74) is 1.46. The highest BCUT2D eigenvalue weighted by molar-refractivity contribution is 9.10. The lowest BCUT2D eigenvalue weighted by atomic mass is 10.1. The number of amides is 2. The summed E-state index contributed by atoms with van der Waals surface area (Å²) in [5, 5.41) is 16.8. The summed E-state index contributed by atoms with van der Waals surface area (Å²) < 4.78 is 8.45. The van der Waals surface area contributed by atoms with E-state index >= 15 is 0 Å². The van der Waals surface area contributed by atoms with Crippen LogP contribution in [0.25, 0.3) is 0 Å². The number of aryl methyl sites for hydroxylation is 1. The molecule has 28 heavy (non-hydrogen) atoms. The van der Waals surface area contributed by atoms with Gasteiger partial charge in [0.15, 0.2) is 0 Å². The van der Waals surface area contributed by atoms with Gasteiger partial charge in [-0.05, 0) is 37.5 Å². The highest BCUT2D eigenvalue weighted by atomic mass is 79.9. The summed E-state index contributed by atoms with van der Waals surface area (Å²) in [5.74, 6) is 0.698. The Morgan fingerprint density at radius 1 is 1.36 bits per heavy atom. The minimum atomic E-state index is -0.352. The molecule has 0 saturated heterocycles. The van der Waals surface area contributed by atoms with Crippen LogP contribution in [0.5, 0.6) is 5.88 Å². The van der Waals surface area contributed by atoms with Crippen molar-refractivity contribution in [1.29, 1.82) is 0 Å². The summed E-state index contributed by atoms with van der Waals surface area (Å²) in [4.78, 5) is 14.6. The second-order valence-corrected chi connectivity index (χ2v) is 8.22. The fraction of sp³-hybridized carbons (Fsp3) is 0.500. The van der Waals surface area contributed by atoms with Gasteiger partial charge in [-0.15, -0.1) is 5.10 Å². The minimum absolute atomic E-state index is 0.0420. The maximum absolute atomic E-state index is 13.0. The molecule has 2 amide bonds. The summed E-state index contributed by atoms with van der Waals surface area (Å²) in [6.07, 6.45) is 1.67. The first kappa shape index (κ1) is 22.2. The molecule has 2 aromatic rings.